The first-order chi connectivity index (χ1) is 8.56. The van der Waals surface area contributed by atoms with Gasteiger partial charge in [-0.1, -0.05) is 11.6 Å². The van der Waals surface area contributed by atoms with Gasteiger partial charge in [0.15, 0.2) is 0 Å². The molecule has 2 aromatic rings. The molecule has 0 radical (unpaired) electrons. The van der Waals surface area contributed by atoms with Crippen LogP contribution >= 0.6 is 27.5 Å². The maximum absolute atomic E-state index is 10.7. The van der Waals surface area contributed by atoms with Crippen LogP contribution in [0.15, 0.2) is 39.4 Å². The van der Waals surface area contributed by atoms with Gasteiger partial charge in [-0.15, -0.1) is 0 Å². The molecule has 4 nitrogen and oxygen atoms in total. The van der Waals surface area contributed by atoms with Gasteiger partial charge in [0.05, 0.1) is 10.0 Å². The third-order valence-corrected chi connectivity index (χ3v) is 3.02. The first-order valence-electron chi connectivity index (χ1n) is 4.95. The van der Waals surface area contributed by atoms with E-state index in [-0.39, 0.29) is 12.2 Å². The average molecular weight is 332 g/mol. The highest BCUT2D eigenvalue weighted by molar-refractivity contribution is 9.10. The predicted octanol–water partition coefficient (Wildman–Crippen LogP) is 3.97. The Morgan fingerprint density at radius 3 is 2.83 bits per heavy atom. The Hall–Kier alpha value is -1.46. The lowest BCUT2D eigenvalue weighted by Gasteiger charge is -2.06. The molecule has 6 heteroatoms. The summed E-state index contributed by atoms with van der Waals surface area (Å²) in [5.41, 5.74) is 0.101. The fraction of sp³-hybridized carbons (Fsp3) is 0.0833. The molecule has 0 aliphatic rings. The number of carbonyl (C=O) groups is 1. The molecule has 18 heavy (non-hydrogen) atoms. The topological polar surface area (TPSA) is 59.7 Å². The molecule has 94 valence electrons. The summed E-state index contributed by atoms with van der Waals surface area (Å²) in [6.45, 7) is 0.146. The minimum Gasteiger partial charge on any atom is -0.484 e. The number of hydrogen-bond acceptors (Lipinski definition) is 3. The zero-order valence-electron chi connectivity index (χ0n) is 9.02. The van der Waals surface area contributed by atoms with Crippen LogP contribution < -0.4 is 4.74 Å². The number of carboxylic acids is 1. The predicted molar refractivity (Wildman–Crippen MR) is 69.2 cm³/mol. The third-order valence-electron chi connectivity index (χ3n) is 2.16. The van der Waals surface area contributed by atoms with Crippen molar-refractivity contribution in [3.8, 4) is 5.75 Å². The molecule has 0 aliphatic carbocycles. The lowest BCUT2D eigenvalue weighted by atomic mass is 10.3. The summed E-state index contributed by atoms with van der Waals surface area (Å²) in [4.78, 5) is 10.7. The monoisotopic (exact) mass is 330 g/mol. The minimum atomic E-state index is -1.03. The molecule has 2 rings (SSSR count). The van der Waals surface area contributed by atoms with Crippen LogP contribution in [0.4, 0.5) is 0 Å². The molecule has 1 N–H and O–H groups in total. The van der Waals surface area contributed by atoms with Gasteiger partial charge in [-0.2, -0.15) is 0 Å². The van der Waals surface area contributed by atoms with Gasteiger partial charge in [-0.05, 0) is 40.2 Å². The normalized spacial score (nSPS) is 10.3. The van der Waals surface area contributed by atoms with Gasteiger partial charge in [0.2, 0.25) is 0 Å². The third kappa shape index (κ3) is 3.05. The van der Waals surface area contributed by atoms with E-state index < -0.39 is 5.97 Å². The van der Waals surface area contributed by atoms with E-state index in [1.165, 1.54) is 12.3 Å². The largest absolute Gasteiger partial charge is 0.484 e. The summed E-state index contributed by atoms with van der Waals surface area (Å²) in [6.07, 6.45) is 1.18. The summed E-state index contributed by atoms with van der Waals surface area (Å²) in [6, 6.07) is 6.55. The highest BCUT2D eigenvalue weighted by Crippen LogP contribution is 2.28. The number of halogens is 2. The number of furan rings is 1. The quantitative estimate of drug-likeness (QED) is 0.921. The van der Waals surface area contributed by atoms with E-state index in [4.69, 9.17) is 25.9 Å². The van der Waals surface area contributed by atoms with Gasteiger partial charge in [0.1, 0.15) is 24.4 Å². The molecule has 1 aromatic heterocycles. The first-order valence-corrected chi connectivity index (χ1v) is 6.12. The van der Waals surface area contributed by atoms with Crippen LogP contribution in [-0.2, 0) is 6.61 Å². The second kappa shape index (κ2) is 5.46. The van der Waals surface area contributed by atoms with E-state index in [0.29, 0.717) is 16.5 Å². The highest BCUT2D eigenvalue weighted by atomic mass is 79.9. The van der Waals surface area contributed by atoms with Crippen molar-refractivity contribution in [1.29, 1.82) is 0 Å². The molecule has 0 spiro atoms. The summed E-state index contributed by atoms with van der Waals surface area (Å²) in [5.74, 6) is 0.0135. The van der Waals surface area contributed by atoms with E-state index in [1.54, 1.807) is 18.2 Å². The molecule has 0 bridgehead atoms. The van der Waals surface area contributed by atoms with Crippen LogP contribution in [0.2, 0.25) is 5.02 Å². The Kier molecular flexibility index (Phi) is 3.93. The van der Waals surface area contributed by atoms with Crippen molar-refractivity contribution in [2.75, 3.05) is 0 Å². The van der Waals surface area contributed by atoms with E-state index in [1.807, 2.05) is 0 Å². The fourth-order valence-electron chi connectivity index (χ4n) is 1.31. The number of hydrogen-bond donors (Lipinski definition) is 1. The number of aromatic carboxylic acids is 1. The fourth-order valence-corrected chi connectivity index (χ4v) is 2.11. The van der Waals surface area contributed by atoms with Gasteiger partial charge in [0, 0.05) is 5.02 Å². The van der Waals surface area contributed by atoms with Crippen molar-refractivity contribution >= 4 is 33.5 Å². The standard InChI is InChI=1S/C12H8BrClO4/c13-10-4-8(14)1-2-11(10)18-6-9-3-7(5-17-9)12(15)16/h1-5H,6H2,(H,15,16). The van der Waals surface area contributed by atoms with Gasteiger partial charge in [-0.25, -0.2) is 4.79 Å². The van der Waals surface area contributed by atoms with Crippen LogP contribution in [0.3, 0.4) is 0 Å². The smallest absolute Gasteiger partial charge is 0.338 e. The Morgan fingerprint density at radius 1 is 1.44 bits per heavy atom. The molecular weight excluding hydrogens is 323 g/mol. The van der Waals surface area contributed by atoms with Crippen LogP contribution in [0.1, 0.15) is 16.1 Å². The molecular formula is C12H8BrClO4. The van der Waals surface area contributed by atoms with Crippen molar-refractivity contribution in [3.05, 3.63) is 51.3 Å². The summed E-state index contributed by atoms with van der Waals surface area (Å²) in [7, 11) is 0. The maximum atomic E-state index is 10.7. The average Bonchev–Trinajstić information content (AvgIpc) is 2.76. The Bertz CT molecular complexity index is 579. The van der Waals surface area contributed by atoms with Gasteiger partial charge < -0.3 is 14.3 Å². The highest BCUT2D eigenvalue weighted by Gasteiger charge is 2.09. The SMILES string of the molecule is O=C(O)c1coc(COc2ccc(Cl)cc2Br)c1. The second-order valence-corrected chi connectivity index (χ2v) is 4.76. The maximum Gasteiger partial charge on any atom is 0.338 e. The molecule has 0 saturated carbocycles. The van der Waals surface area contributed by atoms with E-state index >= 15 is 0 Å². The lowest BCUT2D eigenvalue weighted by molar-refractivity contribution is 0.0696. The van der Waals surface area contributed by atoms with Crippen LogP contribution in [0.25, 0.3) is 0 Å². The lowest BCUT2D eigenvalue weighted by Crippen LogP contribution is -1.95. The van der Waals surface area contributed by atoms with Gasteiger partial charge in [-0.3, -0.25) is 0 Å². The number of ether oxygens (including phenoxy) is 1. The van der Waals surface area contributed by atoms with Gasteiger partial charge in [0.25, 0.3) is 0 Å². The van der Waals surface area contributed by atoms with Crippen molar-refractivity contribution in [2.45, 2.75) is 6.61 Å². The zero-order valence-corrected chi connectivity index (χ0v) is 11.4. The van der Waals surface area contributed by atoms with Crippen molar-refractivity contribution in [1.82, 2.24) is 0 Å². The number of rotatable bonds is 4. The number of benzene rings is 1. The zero-order chi connectivity index (χ0) is 13.1. The first kappa shape index (κ1) is 13.0. The van der Waals surface area contributed by atoms with Crippen LogP contribution in [0, 0.1) is 0 Å². The van der Waals surface area contributed by atoms with Gasteiger partial charge >= 0.3 is 5.97 Å². The Balaban J connectivity index is 2.04. The van der Waals surface area contributed by atoms with Crippen molar-refractivity contribution < 1.29 is 19.1 Å². The molecule has 0 saturated heterocycles. The molecule has 0 atom stereocenters. The van der Waals surface area contributed by atoms with Crippen LogP contribution in [0.5, 0.6) is 5.75 Å². The Morgan fingerprint density at radius 2 is 2.22 bits per heavy atom. The second-order valence-electron chi connectivity index (χ2n) is 3.47. The summed E-state index contributed by atoms with van der Waals surface area (Å²) >= 11 is 9.12. The Labute approximate surface area is 116 Å². The molecule has 1 heterocycles. The molecule has 0 unspecified atom stereocenters. The van der Waals surface area contributed by atoms with Crippen molar-refractivity contribution in [2.24, 2.45) is 0 Å². The van der Waals surface area contributed by atoms with E-state index in [2.05, 4.69) is 15.9 Å². The summed E-state index contributed by atoms with van der Waals surface area (Å²) in [5, 5.41) is 9.33. The minimum absolute atomic E-state index is 0.101. The van der Waals surface area contributed by atoms with Crippen LogP contribution in [-0.4, -0.2) is 11.1 Å². The van der Waals surface area contributed by atoms with E-state index in [9.17, 15) is 4.79 Å². The molecule has 0 aliphatic heterocycles. The summed E-state index contributed by atoms with van der Waals surface area (Å²) < 4.78 is 11.3. The molecule has 1 aromatic carbocycles. The van der Waals surface area contributed by atoms with Crippen molar-refractivity contribution in [3.63, 3.8) is 0 Å². The number of carboxylic acid groups (broad SMARTS) is 1. The molecule has 0 fully saturated rings. The van der Waals surface area contributed by atoms with E-state index in [0.717, 1.165) is 4.47 Å². The molecule has 0 amide bonds.